The molecule has 0 saturated heterocycles. The van der Waals surface area contributed by atoms with Crippen LogP contribution in [0.5, 0.6) is 0 Å². The minimum atomic E-state index is -1.21. The van der Waals surface area contributed by atoms with Crippen LogP contribution in [0.25, 0.3) is 0 Å². The number of thioether (sulfide) groups is 1. The molecule has 0 bridgehead atoms. The first kappa shape index (κ1) is 31.7. The fourth-order valence-electron chi connectivity index (χ4n) is 3.12. The number of carboxylic acid groups (broad SMARTS) is 1. The van der Waals surface area contributed by atoms with E-state index in [1.54, 1.807) is 25.6 Å². The van der Waals surface area contributed by atoms with Crippen molar-refractivity contribution >= 4 is 41.4 Å². The minimum Gasteiger partial charge on any atom is -0.480 e. The molecule has 5 unspecified atom stereocenters. The second-order valence-corrected chi connectivity index (χ2v) is 9.84. The van der Waals surface area contributed by atoms with Crippen molar-refractivity contribution in [2.24, 2.45) is 23.3 Å². The van der Waals surface area contributed by atoms with Crippen molar-refractivity contribution in [1.29, 1.82) is 0 Å². The summed E-state index contributed by atoms with van der Waals surface area (Å²) in [6, 6.07) is -4.11. The van der Waals surface area contributed by atoms with Crippen LogP contribution < -0.4 is 27.4 Å². The first-order chi connectivity index (χ1) is 15.8. The lowest BCUT2D eigenvalue weighted by Gasteiger charge is -2.27. The lowest BCUT2D eigenvalue weighted by molar-refractivity contribution is -0.144. The summed E-state index contributed by atoms with van der Waals surface area (Å²) in [7, 11) is 0. The van der Waals surface area contributed by atoms with E-state index in [0.717, 1.165) is 0 Å². The highest BCUT2D eigenvalue weighted by Gasteiger charge is 2.32. The Bertz CT molecular complexity index is 705. The fraction of sp³-hybridized carbons (Fsp3) is 0.773. The highest BCUT2D eigenvalue weighted by Crippen LogP contribution is 2.11. The quantitative estimate of drug-likeness (QED) is 0.159. The largest absolute Gasteiger partial charge is 0.480 e. The highest BCUT2D eigenvalue weighted by atomic mass is 32.2. The SMILES string of the molecule is CCC(C)C(NC(=O)C(CCC(N)=O)NC(=O)C(CC(C)C)NC(=O)C(N)CCSC)C(=O)O. The zero-order valence-electron chi connectivity index (χ0n) is 20.8. The van der Waals surface area contributed by atoms with Crippen molar-refractivity contribution in [3.63, 3.8) is 0 Å². The van der Waals surface area contributed by atoms with Crippen LogP contribution in [-0.4, -0.2) is 70.9 Å². The average Bonchev–Trinajstić information content (AvgIpc) is 2.76. The van der Waals surface area contributed by atoms with E-state index < -0.39 is 53.8 Å². The van der Waals surface area contributed by atoms with Crippen molar-refractivity contribution in [3.05, 3.63) is 0 Å². The normalized spacial score (nSPS) is 15.5. The van der Waals surface area contributed by atoms with E-state index in [9.17, 15) is 29.1 Å². The van der Waals surface area contributed by atoms with Crippen LogP contribution in [0.4, 0.5) is 0 Å². The Morgan fingerprint density at radius 1 is 0.912 bits per heavy atom. The van der Waals surface area contributed by atoms with Crippen LogP contribution in [-0.2, 0) is 24.0 Å². The van der Waals surface area contributed by atoms with E-state index in [1.807, 2.05) is 20.1 Å². The smallest absolute Gasteiger partial charge is 0.326 e. The van der Waals surface area contributed by atoms with Gasteiger partial charge in [0.15, 0.2) is 0 Å². The number of nitrogens with two attached hydrogens (primary N) is 2. The number of rotatable bonds is 17. The summed E-state index contributed by atoms with van der Waals surface area (Å²) >= 11 is 1.55. The van der Waals surface area contributed by atoms with Crippen molar-refractivity contribution in [2.75, 3.05) is 12.0 Å². The van der Waals surface area contributed by atoms with Gasteiger partial charge in [-0.2, -0.15) is 11.8 Å². The molecule has 0 radical (unpaired) electrons. The van der Waals surface area contributed by atoms with Crippen LogP contribution in [0.3, 0.4) is 0 Å². The van der Waals surface area contributed by atoms with Crippen molar-refractivity contribution in [1.82, 2.24) is 16.0 Å². The lowest BCUT2D eigenvalue weighted by Crippen LogP contribution is -2.58. The van der Waals surface area contributed by atoms with E-state index in [0.29, 0.717) is 25.0 Å². The van der Waals surface area contributed by atoms with Gasteiger partial charge in [0.05, 0.1) is 6.04 Å². The molecule has 0 heterocycles. The van der Waals surface area contributed by atoms with Gasteiger partial charge in [0.2, 0.25) is 23.6 Å². The van der Waals surface area contributed by atoms with Crippen LogP contribution >= 0.6 is 11.8 Å². The molecule has 4 amide bonds. The second-order valence-electron chi connectivity index (χ2n) is 8.85. The van der Waals surface area contributed by atoms with Gasteiger partial charge in [-0.15, -0.1) is 0 Å². The topological polar surface area (TPSA) is 194 Å². The van der Waals surface area contributed by atoms with E-state index in [1.165, 1.54) is 0 Å². The molecule has 0 aromatic carbocycles. The predicted molar refractivity (Wildman–Crippen MR) is 132 cm³/mol. The predicted octanol–water partition coefficient (Wildman–Crippen LogP) is -0.0365. The fourth-order valence-corrected chi connectivity index (χ4v) is 3.61. The van der Waals surface area contributed by atoms with Gasteiger partial charge in [0.1, 0.15) is 18.1 Å². The van der Waals surface area contributed by atoms with Gasteiger partial charge in [-0.3, -0.25) is 19.2 Å². The standard InChI is InChI=1S/C22H41N5O6S/c1-6-13(4)18(22(32)33)27-20(30)15(7-8-17(24)28)25-21(31)16(11-12(2)3)26-19(29)14(23)9-10-34-5/h12-16,18H,6-11,23H2,1-5H3,(H2,24,28)(H,25,31)(H,26,29)(H,27,30)(H,32,33). The molecule has 0 fully saturated rings. The van der Waals surface area contributed by atoms with Crippen LogP contribution in [0.1, 0.15) is 59.8 Å². The number of hydrogen-bond acceptors (Lipinski definition) is 7. The third kappa shape index (κ3) is 12.2. The van der Waals surface area contributed by atoms with Crippen molar-refractivity contribution < 1.29 is 29.1 Å². The summed E-state index contributed by atoms with van der Waals surface area (Å²) in [4.78, 5) is 61.3. The molecule has 0 spiro atoms. The molecule has 0 aliphatic carbocycles. The average molecular weight is 504 g/mol. The van der Waals surface area contributed by atoms with Gasteiger partial charge in [-0.1, -0.05) is 34.1 Å². The maximum absolute atomic E-state index is 13.0. The Hall–Kier alpha value is -2.34. The molecule has 12 heteroatoms. The summed E-state index contributed by atoms with van der Waals surface area (Å²) in [5, 5.41) is 17.1. The Morgan fingerprint density at radius 3 is 1.94 bits per heavy atom. The number of nitrogens with one attached hydrogen (secondary N) is 3. The Labute approximate surface area is 205 Å². The second kappa shape index (κ2) is 16.3. The summed E-state index contributed by atoms with van der Waals surface area (Å²) in [5.41, 5.74) is 11.1. The number of amides is 4. The summed E-state index contributed by atoms with van der Waals surface area (Å²) in [5.74, 6) is -3.35. The van der Waals surface area contributed by atoms with Gasteiger partial charge in [-0.05, 0) is 43.1 Å². The molecular formula is C22H41N5O6S. The van der Waals surface area contributed by atoms with E-state index >= 15 is 0 Å². The monoisotopic (exact) mass is 503 g/mol. The molecule has 196 valence electrons. The molecule has 0 aromatic rings. The molecule has 5 atom stereocenters. The van der Waals surface area contributed by atoms with E-state index in [-0.39, 0.29) is 24.7 Å². The molecule has 34 heavy (non-hydrogen) atoms. The van der Waals surface area contributed by atoms with Crippen LogP contribution in [0, 0.1) is 11.8 Å². The number of carbonyl (C=O) groups excluding carboxylic acids is 4. The van der Waals surface area contributed by atoms with E-state index in [2.05, 4.69) is 16.0 Å². The Balaban J connectivity index is 5.57. The number of carbonyl (C=O) groups is 5. The van der Waals surface area contributed by atoms with Gasteiger partial charge in [0, 0.05) is 6.42 Å². The Morgan fingerprint density at radius 2 is 1.47 bits per heavy atom. The van der Waals surface area contributed by atoms with Gasteiger partial charge in [-0.25, -0.2) is 4.79 Å². The molecule has 11 nitrogen and oxygen atoms in total. The van der Waals surface area contributed by atoms with Gasteiger partial charge < -0.3 is 32.5 Å². The summed E-state index contributed by atoms with van der Waals surface area (Å²) in [6.45, 7) is 7.23. The maximum atomic E-state index is 13.0. The number of hydrogen-bond donors (Lipinski definition) is 6. The molecule has 0 saturated carbocycles. The third-order valence-corrected chi connectivity index (χ3v) is 6.04. The number of aliphatic carboxylic acids is 1. The van der Waals surface area contributed by atoms with Crippen LogP contribution in [0.2, 0.25) is 0 Å². The molecule has 0 aromatic heterocycles. The molecule has 0 aliphatic heterocycles. The molecular weight excluding hydrogens is 462 g/mol. The number of primary amides is 1. The van der Waals surface area contributed by atoms with Crippen molar-refractivity contribution in [3.8, 4) is 0 Å². The maximum Gasteiger partial charge on any atom is 0.326 e. The lowest BCUT2D eigenvalue weighted by atomic mass is 9.98. The zero-order chi connectivity index (χ0) is 26.4. The highest BCUT2D eigenvalue weighted by molar-refractivity contribution is 7.98. The van der Waals surface area contributed by atoms with Gasteiger partial charge >= 0.3 is 5.97 Å². The molecule has 0 rings (SSSR count). The van der Waals surface area contributed by atoms with Crippen molar-refractivity contribution in [2.45, 2.75) is 84.0 Å². The molecule has 8 N–H and O–H groups in total. The Kier molecular flexibility index (Phi) is 15.2. The summed E-state index contributed by atoms with van der Waals surface area (Å²) in [6.07, 6.45) is 2.83. The van der Waals surface area contributed by atoms with Gasteiger partial charge in [0.25, 0.3) is 0 Å². The zero-order valence-corrected chi connectivity index (χ0v) is 21.6. The first-order valence-electron chi connectivity index (χ1n) is 11.5. The third-order valence-electron chi connectivity index (χ3n) is 5.40. The number of carboxylic acids is 1. The molecule has 0 aliphatic rings. The van der Waals surface area contributed by atoms with E-state index in [4.69, 9.17) is 11.5 Å². The van der Waals surface area contributed by atoms with Crippen LogP contribution in [0.15, 0.2) is 0 Å². The minimum absolute atomic E-state index is 0.0400. The summed E-state index contributed by atoms with van der Waals surface area (Å²) < 4.78 is 0. The first-order valence-corrected chi connectivity index (χ1v) is 12.9.